The molecule has 0 fully saturated rings. The van der Waals surface area contributed by atoms with Crippen LogP contribution in [0.5, 0.6) is 5.75 Å². The third kappa shape index (κ3) is 4.97. The summed E-state index contributed by atoms with van der Waals surface area (Å²) in [6.45, 7) is 3.48. The lowest BCUT2D eigenvalue weighted by Crippen LogP contribution is -2.39. The summed E-state index contributed by atoms with van der Waals surface area (Å²) in [7, 11) is 0. The molecule has 178 valence electrons. The molecule has 1 aliphatic rings. The van der Waals surface area contributed by atoms with E-state index >= 15 is 0 Å². The molecule has 4 rings (SSSR count). The van der Waals surface area contributed by atoms with Crippen LogP contribution in [-0.4, -0.2) is 23.8 Å². The molecule has 0 saturated heterocycles. The molecule has 0 N–H and O–H groups in total. The number of hydrogen-bond donors (Lipinski definition) is 0. The normalized spacial score (nSPS) is 15.3. The fourth-order valence-electron chi connectivity index (χ4n) is 3.74. The number of ether oxygens (including phenoxy) is 2. The maximum atomic E-state index is 13.6. The molecular weight excluding hydrogens is 537 g/mol. The number of halogens is 2. The fourth-order valence-corrected chi connectivity index (χ4v) is 5.29. The summed E-state index contributed by atoms with van der Waals surface area (Å²) >= 11 is 4.61. The molecule has 0 aliphatic carbocycles. The van der Waals surface area contributed by atoms with Gasteiger partial charge in [0.1, 0.15) is 17.6 Å². The highest BCUT2D eigenvalue weighted by Crippen LogP contribution is 2.31. The van der Waals surface area contributed by atoms with Gasteiger partial charge < -0.3 is 9.47 Å². The van der Waals surface area contributed by atoms with E-state index in [-0.39, 0.29) is 24.3 Å². The highest BCUT2D eigenvalue weighted by molar-refractivity contribution is 9.10. The van der Waals surface area contributed by atoms with E-state index in [4.69, 9.17) is 14.7 Å². The van der Waals surface area contributed by atoms with E-state index in [1.165, 1.54) is 28.0 Å². The highest BCUT2D eigenvalue weighted by Gasteiger charge is 2.33. The van der Waals surface area contributed by atoms with Crippen LogP contribution in [0.1, 0.15) is 31.0 Å². The minimum absolute atomic E-state index is 0.0813. The van der Waals surface area contributed by atoms with Crippen molar-refractivity contribution in [3.05, 3.63) is 94.8 Å². The number of nitrogens with zero attached hydrogens (tertiary/aromatic N) is 3. The smallest absolute Gasteiger partial charge is 0.338 e. The second kappa shape index (κ2) is 10.4. The lowest BCUT2D eigenvalue weighted by molar-refractivity contribution is -0.139. The molecule has 10 heteroatoms. The van der Waals surface area contributed by atoms with E-state index in [1.807, 2.05) is 6.07 Å². The van der Waals surface area contributed by atoms with Crippen molar-refractivity contribution in [3.8, 4) is 11.8 Å². The van der Waals surface area contributed by atoms with Gasteiger partial charge in [0.2, 0.25) is 0 Å². The van der Waals surface area contributed by atoms with Crippen LogP contribution in [0.4, 0.5) is 4.39 Å². The largest absolute Gasteiger partial charge is 0.478 e. The van der Waals surface area contributed by atoms with Crippen LogP contribution in [0.2, 0.25) is 0 Å². The first-order valence-electron chi connectivity index (χ1n) is 10.6. The summed E-state index contributed by atoms with van der Waals surface area (Å²) in [6.07, 6.45) is 1.72. The molecule has 7 nitrogen and oxygen atoms in total. The minimum Gasteiger partial charge on any atom is -0.478 e. The van der Waals surface area contributed by atoms with Gasteiger partial charge in [0, 0.05) is 0 Å². The van der Waals surface area contributed by atoms with Gasteiger partial charge in [0.25, 0.3) is 5.56 Å². The quantitative estimate of drug-likeness (QED) is 0.433. The van der Waals surface area contributed by atoms with Crippen molar-refractivity contribution >= 4 is 39.3 Å². The van der Waals surface area contributed by atoms with Gasteiger partial charge in [-0.05, 0) is 71.2 Å². The second-order valence-corrected chi connectivity index (χ2v) is 9.35. The molecule has 35 heavy (non-hydrogen) atoms. The Kier molecular flexibility index (Phi) is 7.28. The van der Waals surface area contributed by atoms with Crippen molar-refractivity contribution in [2.45, 2.75) is 19.9 Å². The topological polar surface area (TPSA) is 93.7 Å². The van der Waals surface area contributed by atoms with Crippen LogP contribution in [-0.2, 0) is 9.53 Å². The number of hydrogen-bond acceptors (Lipinski definition) is 7. The molecule has 0 spiro atoms. The van der Waals surface area contributed by atoms with Gasteiger partial charge in [0.15, 0.2) is 11.4 Å². The predicted molar refractivity (Wildman–Crippen MR) is 132 cm³/mol. The minimum atomic E-state index is -0.804. The number of benzene rings is 2. The Bertz CT molecular complexity index is 1550. The van der Waals surface area contributed by atoms with Gasteiger partial charge in [0.05, 0.1) is 32.9 Å². The van der Waals surface area contributed by atoms with E-state index in [0.717, 1.165) is 5.56 Å². The SMILES string of the molecule is CCOC(=O)C1=C(C)N=c2s/c(=C\c3ccc(OCC#N)c(Br)c3)c(=O)n2[C@@H]1c1ccc(F)cc1. The number of allylic oxidation sites excluding steroid dienone is 1. The van der Waals surface area contributed by atoms with Crippen LogP contribution in [0, 0.1) is 17.1 Å². The zero-order chi connectivity index (χ0) is 25.1. The van der Waals surface area contributed by atoms with Crippen molar-refractivity contribution in [1.82, 2.24) is 4.57 Å². The van der Waals surface area contributed by atoms with Gasteiger partial charge in [-0.1, -0.05) is 29.5 Å². The number of carbonyl (C=O) groups is 1. The number of esters is 1. The van der Waals surface area contributed by atoms with Gasteiger partial charge in [-0.25, -0.2) is 14.2 Å². The Morgan fingerprint density at radius 2 is 2.06 bits per heavy atom. The van der Waals surface area contributed by atoms with Gasteiger partial charge in [-0.3, -0.25) is 9.36 Å². The van der Waals surface area contributed by atoms with E-state index < -0.39 is 17.8 Å². The first-order valence-corrected chi connectivity index (χ1v) is 12.2. The van der Waals surface area contributed by atoms with E-state index in [2.05, 4.69) is 20.9 Å². The summed E-state index contributed by atoms with van der Waals surface area (Å²) in [5.41, 5.74) is 1.63. The van der Waals surface area contributed by atoms with Gasteiger partial charge >= 0.3 is 5.97 Å². The monoisotopic (exact) mass is 555 g/mol. The Hall–Kier alpha value is -3.55. The number of thiazole rings is 1. The predicted octanol–water partition coefficient (Wildman–Crippen LogP) is 3.60. The van der Waals surface area contributed by atoms with Gasteiger partial charge in [-0.2, -0.15) is 5.26 Å². The third-order valence-corrected chi connectivity index (χ3v) is 6.85. The zero-order valence-corrected chi connectivity index (χ0v) is 21.2. The van der Waals surface area contributed by atoms with Crippen LogP contribution < -0.4 is 19.6 Å². The summed E-state index contributed by atoms with van der Waals surface area (Å²) in [4.78, 5) is 31.4. The maximum absolute atomic E-state index is 13.6. The molecule has 2 aromatic carbocycles. The van der Waals surface area contributed by atoms with E-state index in [1.54, 1.807) is 50.3 Å². The van der Waals surface area contributed by atoms with Crippen LogP contribution >= 0.6 is 27.3 Å². The molecule has 2 heterocycles. The number of nitriles is 1. The molecule has 0 amide bonds. The molecule has 0 bridgehead atoms. The Balaban J connectivity index is 1.87. The summed E-state index contributed by atoms with van der Waals surface area (Å²) < 4.78 is 26.7. The summed E-state index contributed by atoms with van der Waals surface area (Å²) in [6, 6.07) is 12.0. The molecular formula is C25H19BrFN3O4S. The molecule has 1 aliphatic heterocycles. The molecule has 0 radical (unpaired) electrons. The average Bonchev–Trinajstić information content (AvgIpc) is 3.12. The Morgan fingerprint density at radius 3 is 2.71 bits per heavy atom. The van der Waals surface area contributed by atoms with Crippen molar-refractivity contribution in [1.29, 1.82) is 5.26 Å². The molecule has 0 saturated carbocycles. The number of carbonyl (C=O) groups excluding carboxylic acids is 1. The lowest BCUT2D eigenvalue weighted by atomic mass is 9.96. The number of aromatic nitrogens is 1. The Morgan fingerprint density at radius 1 is 1.31 bits per heavy atom. The standard InChI is InChI=1S/C25H19BrFN3O4S/c1-3-33-24(32)21-14(2)29-25-30(22(21)16-5-7-17(27)8-6-16)23(31)20(35-25)13-15-4-9-19(18(26)12-15)34-11-10-28/h4-9,12-13,22H,3,11H2,1-2H3/b20-13-/t22-/m1/s1. The van der Waals surface area contributed by atoms with Crippen molar-refractivity contribution < 1.29 is 18.7 Å². The van der Waals surface area contributed by atoms with Crippen molar-refractivity contribution in [3.63, 3.8) is 0 Å². The van der Waals surface area contributed by atoms with E-state index in [9.17, 15) is 14.0 Å². The van der Waals surface area contributed by atoms with Crippen LogP contribution in [0.25, 0.3) is 6.08 Å². The zero-order valence-electron chi connectivity index (χ0n) is 18.7. The summed E-state index contributed by atoms with van der Waals surface area (Å²) in [5.74, 6) is -0.488. The highest BCUT2D eigenvalue weighted by atomic mass is 79.9. The third-order valence-electron chi connectivity index (χ3n) is 5.25. The first-order chi connectivity index (χ1) is 16.8. The van der Waals surface area contributed by atoms with Crippen molar-refractivity contribution in [2.24, 2.45) is 4.99 Å². The lowest BCUT2D eigenvalue weighted by Gasteiger charge is -2.24. The molecule has 1 atom stereocenters. The Labute approximate surface area is 212 Å². The van der Waals surface area contributed by atoms with Gasteiger partial charge in [-0.15, -0.1) is 0 Å². The van der Waals surface area contributed by atoms with Crippen LogP contribution in [0.3, 0.4) is 0 Å². The maximum Gasteiger partial charge on any atom is 0.338 e. The molecule has 1 aromatic heterocycles. The van der Waals surface area contributed by atoms with Crippen LogP contribution in [0.15, 0.2) is 68.0 Å². The van der Waals surface area contributed by atoms with Crippen molar-refractivity contribution in [2.75, 3.05) is 13.2 Å². The van der Waals surface area contributed by atoms with E-state index in [0.29, 0.717) is 30.8 Å². The number of fused-ring (bicyclic) bond motifs is 1. The fraction of sp³-hybridized carbons (Fsp3) is 0.200. The summed E-state index contributed by atoms with van der Waals surface area (Å²) in [5, 5.41) is 8.71. The number of rotatable bonds is 6. The second-order valence-electron chi connectivity index (χ2n) is 7.49. The molecule has 3 aromatic rings. The molecule has 0 unspecified atom stereocenters. The first kappa shape index (κ1) is 24.6. The average molecular weight is 556 g/mol.